The van der Waals surface area contributed by atoms with Gasteiger partial charge in [0.05, 0.1) is 13.2 Å². The number of carbonyl (C=O) groups excluding carboxylic acids is 1. The van der Waals surface area contributed by atoms with E-state index in [1.165, 1.54) is 6.07 Å². The molecule has 0 saturated carbocycles. The zero-order valence-corrected chi connectivity index (χ0v) is 14.0. The molecule has 1 aromatic rings. The summed E-state index contributed by atoms with van der Waals surface area (Å²) in [6, 6.07) is 7.04. The van der Waals surface area contributed by atoms with Crippen molar-refractivity contribution in [2.24, 2.45) is 0 Å². The molecule has 1 aromatic carbocycles. The van der Waals surface area contributed by atoms with Gasteiger partial charge in [-0.3, -0.25) is 9.69 Å². The Labute approximate surface area is 142 Å². The predicted molar refractivity (Wildman–Crippen MR) is 90.1 cm³/mol. The first-order valence-electron chi connectivity index (χ1n) is 8.77. The molecule has 0 aliphatic carbocycles. The minimum atomic E-state index is -0.155. The first kappa shape index (κ1) is 17.3. The van der Waals surface area contributed by atoms with Crippen molar-refractivity contribution < 1.29 is 13.9 Å². The number of nitrogens with zero attached hydrogens (tertiary/aromatic N) is 2. The van der Waals surface area contributed by atoms with E-state index in [4.69, 9.17) is 4.74 Å². The summed E-state index contributed by atoms with van der Waals surface area (Å²) in [7, 11) is 0. The molecular formula is C18H26FN3O2. The van der Waals surface area contributed by atoms with Crippen LogP contribution in [0.2, 0.25) is 0 Å². The molecule has 2 heterocycles. The van der Waals surface area contributed by atoms with Crippen molar-refractivity contribution in [3.8, 4) is 0 Å². The second kappa shape index (κ2) is 8.55. The molecule has 0 bridgehead atoms. The van der Waals surface area contributed by atoms with E-state index >= 15 is 0 Å². The van der Waals surface area contributed by atoms with Crippen LogP contribution in [0.5, 0.6) is 0 Å². The molecule has 2 saturated heterocycles. The molecule has 0 radical (unpaired) electrons. The van der Waals surface area contributed by atoms with Crippen LogP contribution in [-0.2, 0) is 16.1 Å². The number of rotatable bonds is 4. The van der Waals surface area contributed by atoms with Crippen LogP contribution in [0.15, 0.2) is 24.3 Å². The van der Waals surface area contributed by atoms with Gasteiger partial charge in [0.2, 0.25) is 5.91 Å². The molecule has 2 fully saturated rings. The Balaban J connectivity index is 1.49. The zero-order valence-electron chi connectivity index (χ0n) is 14.0. The molecule has 2 aliphatic heterocycles. The normalized spacial score (nSPS) is 23.0. The number of morpholine rings is 1. The van der Waals surface area contributed by atoms with Gasteiger partial charge in [0, 0.05) is 57.3 Å². The lowest BCUT2D eigenvalue weighted by atomic mass is 10.1. The molecule has 132 valence electrons. The van der Waals surface area contributed by atoms with Gasteiger partial charge in [-0.05, 0) is 12.5 Å². The lowest BCUT2D eigenvalue weighted by Gasteiger charge is -2.27. The van der Waals surface area contributed by atoms with E-state index in [1.807, 2.05) is 17.0 Å². The van der Waals surface area contributed by atoms with Crippen LogP contribution in [0.3, 0.4) is 0 Å². The maximum Gasteiger partial charge on any atom is 0.224 e. The molecule has 3 rings (SSSR count). The highest BCUT2D eigenvalue weighted by atomic mass is 19.1. The Hall–Kier alpha value is -1.50. The van der Waals surface area contributed by atoms with Gasteiger partial charge in [0.1, 0.15) is 5.82 Å². The Morgan fingerprint density at radius 1 is 1.25 bits per heavy atom. The van der Waals surface area contributed by atoms with Crippen LogP contribution < -0.4 is 5.32 Å². The predicted octanol–water partition coefficient (Wildman–Crippen LogP) is 1.24. The number of carbonyl (C=O) groups is 1. The fraction of sp³-hybridized carbons (Fsp3) is 0.611. The van der Waals surface area contributed by atoms with Crippen LogP contribution in [0.1, 0.15) is 18.4 Å². The first-order chi connectivity index (χ1) is 11.7. The van der Waals surface area contributed by atoms with Crippen molar-refractivity contribution in [1.29, 1.82) is 0 Å². The molecule has 1 atom stereocenters. The molecular weight excluding hydrogens is 309 g/mol. The molecule has 1 amide bonds. The minimum Gasteiger partial charge on any atom is -0.378 e. The standard InChI is InChI=1S/C18H26FN3O2/c19-17-5-2-1-4-15(17)13-21-7-3-8-22(10-9-21)18(23)12-16-14-24-11-6-20-16/h1-2,4-5,16,20H,3,6-14H2/t16-/m1/s1. The summed E-state index contributed by atoms with van der Waals surface area (Å²) in [6.45, 7) is 5.91. The monoisotopic (exact) mass is 335 g/mol. The fourth-order valence-electron chi connectivity index (χ4n) is 3.34. The minimum absolute atomic E-state index is 0.129. The summed E-state index contributed by atoms with van der Waals surface area (Å²) in [5, 5.41) is 3.33. The number of halogens is 1. The first-order valence-corrected chi connectivity index (χ1v) is 8.77. The average molecular weight is 335 g/mol. The van der Waals surface area contributed by atoms with E-state index in [-0.39, 0.29) is 17.8 Å². The van der Waals surface area contributed by atoms with E-state index < -0.39 is 0 Å². The van der Waals surface area contributed by atoms with Crippen LogP contribution in [0.4, 0.5) is 4.39 Å². The maximum atomic E-state index is 13.8. The third-order valence-corrected chi connectivity index (χ3v) is 4.71. The molecule has 0 spiro atoms. The largest absolute Gasteiger partial charge is 0.378 e. The Morgan fingerprint density at radius 2 is 2.12 bits per heavy atom. The van der Waals surface area contributed by atoms with Crippen molar-refractivity contribution in [3.63, 3.8) is 0 Å². The number of hydrogen-bond acceptors (Lipinski definition) is 4. The fourth-order valence-corrected chi connectivity index (χ4v) is 3.34. The van der Waals surface area contributed by atoms with Crippen molar-refractivity contribution in [1.82, 2.24) is 15.1 Å². The molecule has 0 aromatic heterocycles. The quantitative estimate of drug-likeness (QED) is 0.899. The van der Waals surface area contributed by atoms with Crippen molar-refractivity contribution in [2.45, 2.75) is 25.4 Å². The number of amides is 1. The van der Waals surface area contributed by atoms with Crippen molar-refractivity contribution >= 4 is 5.91 Å². The smallest absolute Gasteiger partial charge is 0.224 e. The van der Waals surface area contributed by atoms with Crippen LogP contribution >= 0.6 is 0 Å². The third-order valence-electron chi connectivity index (χ3n) is 4.71. The average Bonchev–Trinajstić information content (AvgIpc) is 2.84. The lowest BCUT2D eigenvalue weighted by Crippen LogP contribution is -2.45. The summed E-state index contributed by atoms with van der Waals surface area (Å²) >= 11 is 0. The highest BCUT2D eigenvalue weighted by Gasteiger charge is 2.23. The summed E-state index contributed by atoms with van der Waals surface area (Å²) in [5.74, 6) is 0.0313. The number of benzene rings is 1. The Bertz CT molecular complexity index is 549. The van der Waals surface area contributed by atoms with E-state index in [9.17, 15) is 9.18 Å². The van der Waals surface area contributed by atoms with E-state index in [0.29, 0.717) is 26.1 Å². The Kier molecular flexibility index (Phi) is 6.18. The van der Waals surface area contributed by atoms with Crippen LogP contribution in [0, 0.1) is 5.82 Å². The van der Waals surface area contributed by atoms with Gasteiger partial charge in [-0.15, -0.1) is 0 Å². The summed E-state index contributed by atoms with van der Waals surface area (Å²) in [6.07, 6.45) is 1.42. The topological polar surface area (TPSA) is 44.8 Å². The molecule has 0 unspecified atom stereocenters. The van der Waals surface area contributed by atoms with Gasteiger partial charge in [-0.2, -0.15) is 0 Å². The number of ether oxygens (including phenoxy) is 1. The molecule has 24 heavy (non-hydrogen) atoms. The summed E-state index contributed by atoms with van der Waals surface area (Å²) in [4.78, 5) is 16.7. The van der Waals surface area contributed by atoms with Gasteiger partial charge >= 0.3 is 0 Å². The number of nitrogens with one attached hydrogen (secondary N) is 1. The van der Waals surface area contributed by atoms with E-state index in [0.717, 1.165) is 44.8 Å². The number of hydrogen-bond donors (Lipinski definition) is 1. The summed E-state index contributed by atoms with van der Waals surface area (Å²) < 4.78 is 19.2. The second-order valence-electron chi connectivity index (χ2n) is 6.53. The van der Waals surface area contributed by atoms with Gasteiger partial charge in [-0.1, -0.05) is 18.2 Å². The molecule has 1 N–H and O–H groups in total. The van der Waals surface area contributed by atoms with Crippen LogP contribution in [0.25, 0.3) is 0 Å². The van der Waals surface area contributed by atoms with Gasteiger partial charge in [0.15, 0.2) is 0 Å². The lowest BCUT2D eigenvalue weighted by molar-refractivity contribution is -0.132. The highest BCUT2D eigenvalue weighted by molar-refractivity contribution is 5.76. The van der Waals surface area contributed by atoms with Crippen LogP contribution in [-0.4, -0.2) is 67.7 Å². The Morgan fingerprint density at radius 3 is 2.92 bits per heavy atom. The summed E-state index contributed by atoms with van der Waals surface area (Å²) in [5.41, 5.74) is 0.723. The molecule has 6 heteroatoms. The highest BCUT2D eigenvalue weighted by Crippen LogP contribution is 2.13. The molecule has 5 nitrogen and oxygen atoms in total. The van der Waals surface area contributed by atoms with Gasteiger partial charge < -0.3 is 15.0 Å². The zero-order chi connectivity index (χ0) is 16.8. The SMILES string of the molecule is O=C(C[C@@H]1COCCN1)N1CCCN(Cc2ccccc2F)CC1. The van der Waals surface area contributed by atoms with E-state index in [2.05, 4.69) is 10.2 Å². The van der Waals surface area contributed by atoms with Crippen molar-refractivity contribution in [2.75, 3.05) is 45.9 Å². The second-order valence-corrected chi connectivity index (χ2v) is 6.53. The third kappa shape index (κ3) is 4.75. The molecule has 2 aliphatic rings. The maximum absolute atomic E-state index is 13.8. The van der Waals surface area contributed by atoms with Crippen molar-refractivity contribution in [3.05, 3.63) is 35.6 Å². The van der Waals surface area contributed by atoms with Gasteiger partial charge in [-0.25, -0.2) is 4.39 Å². The van der Waals surface area contributed by atoms with Gasteiger partial charge in [0.25, 0.3) is 0 Å². The van der Waals surface area contributed by atoms with E-state index in [1.54, 1.807) is 6.07 Å².